The van der Waals surface area contributed by atoms with Gasteiger partial charge in [0.2, 0.25) is 5.91 Å². The third kappa shape index (κ3) is 3.97. The highest BCUT2D eigenvalue weighted by atomic mass is 16.1. The molecule has 0 saturated heterocycles. The van der Waals surface area contributed by atoms with Gasteiger partial charge in [0.15, 0.2) is 0 Å². The second-order valence-electron chi connectivity index (χ2n) is 3.40. The van der Waals surface area contributed by atoms with E-state index in [2.05, 4.69) is 15.2 Å². The first-order chi connectivity index (χ1) is 7.24. The zero-order valence-corrected chi connectivity index (χ0v) is 9.23. The Hall–Kier alpha value is -1.58. The SMILES string of the molecule is CNC(=O)CCCN(C)c1ccncc1. The molecule has 0 aliphatic rings. The normalized spacial score (nSPS) is 9.73. The molecule has 0 aliphatic carbocycles. The fraction of sp³-hybridized carbons (Fsp3) is 0.455. The molecule has 1 amide bonds. The largest absolute Gasteiger partial charge is 0.374 e. The van der Waals surface area contributed by atoms with E-state index in [-0.39, 0.29) is 5.91 Å². The van der Waals surface area contributed by atoms with E-state index in [1.54, 1.807) is 19.4 Å². The van der Waals surface area contributed by atoms with Gasteiger partial charge in [0.1, 0.15) is 0 Å². The number of amides is 1. The second-order valence-corrected chi connectivity index (χ2v) is 3.40. The van der Waals surface area contributed by atoms with Crippen LogP contribution in [0.2, 0.25) is 0 Å². The van der Waals surface area contributed by atoms with Crippen molar-refractivity contribution < 1.29 is 4.79 Å². The van der Waals surface area contributed by atoms with E-state index < -0.39 is 0 Å². The standard InChI is InChI=1S/C11H17N3O/c1-12-11(15)4-3-9-14(2)10-5-7-13-8-6-10/h5-8H,3-4,9H2,1-2H3,(H,12,15). The molecule has 0 aliphatic heterocycles. The van der Waals surface area contributed by atoms with Crippen LogP contribution in [0.1, 0.15) is 12.8 Å². The van der Waals surface area contributed by atoms with E-state index in [1.807, 2.05) is 19.2 Å². The van der Waals surface area contributed by atoms with E-state index in [9.17, 15) is 4.79 Å². The number of anilines is 1. The van der Waals surface area contributed by atoms with E-state index >= 15 is 0 Å². The van der Waals surface area contributed by atoms with Gasteiger partial charge < -0.3 is 10.2 Å². The van der Waals surface area contributed by atoms with Crippen LogP contribution in [0.15, 0.2) is 24.5 Å². The van der Waals surface area contributed by atoms with Gasteiger partial charge in [-0.25, -0.2) is 0 Å². The third-order valence-electron chi connectivity index (χ3n) is 2.28. The van der Waals surface area contributed by atoms with Gasteiger partial charge in [0.25, 0.3) is 0 Å². The highest BCUT2D eigenvalue weighted by Crippen LogP contribution is 2.10. The maximum absolute atomic E-state index is 11.0. The maximum Gasteiger partial charge on any atom is 0.219 e. The van der Waals surface area contributed by atoms with Gasteiger partial charge in [-0.1, -0.05) is 0 Å². The third-order valence-corrected chi connectivity index (χ3v) is 2.28. The number of aromatic nitrogens is 1. The van der Waals surface area contributed by atoms with E-state index in [1.165, 1.54) is 0 Å². The Bertz CT molecular complexity index is 300. The molecule has 0 atom stereocenters. The Balaban J connectivity index is 2.31. The first kappa shape index (κ1) is 11.5. The van der Waals surface area contributed by atoms with Gasteiger partial charge in [-0.15, -0.1) is 0 Å². The first-order valence-corrected chi connectivity index (χ1v) is 5.06. The van der Waals surface area contributed by atoms with Crippen LogP contribution in [-0.4, -0.2) is 31.5 Å². The summed E-state index contributed by atoms with van der Waals surface area (Å²) in [6, 6.07) is 3.92. The molecule has 0 radical (unpaired) electrons. The molecule has 4 nitrogen and oxygen atoms in total. The molecule has 1 heterocycles. The minimum Gasteiger partial charge on any atom is -0.374 e. The Kier molecular flexibility index (Phi) is 4.60. The van der Waals surface area contributed by atoms with Crippen molar-refractivity contribution >= 4 is 11.6 Å². The Morgan fingerprint density at radius 1 is 1.47 bits per heavy atom. The Labute approximate surface area is 90.3 Å². The fourth-order valence-corrected chi connectivity index (χ4v) is 1.33. The summed E-state index contributed by atoms with van der Waals surface area (Å²) in [5, 5.41) is 2.61. The predicted octanol–water partition coefficient (Wildman–Crippen LogP) is 1.04. The van der Waals surface area contributed by atoms with Gasteiger partial charge in [-0.2, -0.15) is 0 Å². The van der Waals surface area contributed by atoms with Crippen molar-refractivity contribution in [1.29, 1.82) is 0 Å². The summed E-state index contributed by atoms with van der Waals surface area (Å²) in [6.45, 7) is 0.872. The van der Waals surface area contributed by atoms with Crippen molar-refractivity contribution in [3.63, 3.8) is 0 Å². The average molecular weight is 207 g/mol. The highest BCUT2D eigenvalue weighted by Gasteiger charge is 2.01. The molecule has 1 aromatic heterocycles. The number of nitrogens with zero attached hydrogens (tertiary/aromatic N) is 2. The lowest BCUT2D eigenvalue weighted by Crippen LogP contribution is -2.22. The molecule has 0 spiro atoms. The molecule has 1 N–H and O–H groups in total. The smallest absolute Gasteiger partial charge is 0.219 e. The molecule has 1 rings (SSSR count). The molecular weight excluding hydrogens is 190 g/mol. The van der Waals surface area contributed by atoms with E-state index in [0.29, 0.717) is 6.42 Å². The number of rotatable bonds is 5. The van der Waals surface area contributed by atoms with Crippen molar-refractivity contribution in [3.05, 3.63) is 24.5 Å². The number of carbonyl (C=O) groups excluding carboxylic acids is 1. The topological polar surface area (TPSA) is 45.2 Å². The summed E-state index contributed by atoms with van der Waals surface area (Å²) in [6.07, 6.45) is 4.97. The molecule has 0 aromatic carbocycles. The number of pyridine rings is 1. The van der Waals surface area contributed by atoms with Crippen LogP contribution in [-0.2, 0) is 4.79 Å². The lowest BCUT2D eigenvalue weighted by atomic mass is 10.2. The summed E-state index contributed by atoms with van der Waals surface area (Å²) >= 11 is 0. The highest BCUT2D eigenvalue weighted by molar-refractivity contribution is 5.75. The van der Waals surface area contributed by atoms with Gasteiger partial charge in [-0.3, -0.25) is 9.78 Å². The van der Waals surface area contributed by atoms with Crippen LogP contribution in [0, 0.1) is 0 Å². The van der Waals surface area contributed by atoms with Gasteiger partial charge in [0.05, 0.1) is 0 Å². The molecule has 0 unspecified atom stereocenters. The molecule has 0 bridgehead atoms. The molecule has 82 valence electrons. The van der Waals surface area contributed by atoms with Crippen LogP contribution in [0.5, 0.6) is 0 Å². The molecule has 4 heteroatoms. The summed E-state index contributed by atoms with van der Waals surface area (Å²) in [5.41, 5.74) is 1.13. The van der Waals surface area contributed by atoms with Crippen molar-refractivity contribution in [2.24, 2.45) is 0 Å². The van der Waals surface area contributed by atoms with Gasteiger partial charge in [0, 0.05) is 45.1 Å². The summed E-state index contributed by atoms with van der Waals surface area (Å²) in [4.78, 5) is 17.1. The number of nitrogens with one attached hydrogen (secondary N) is 1. The zero-order valence-electron chi connectivity index (χ0n) is 9.23. The first-order valence-electron chi connectivity index (χ1n) is 5.06. The van der Waals surface area contributed by atoms with Gasteiger partial charge >= 0.3 is 0 Å². The Morgan fingerprint density at radius 2 is 2.13 bits per heavy atom. The van der Waals surface area contributed by atoms with Gasteiger partial charge in [-0.05, 0) is 18.6 Å². The van der Waals surface area contributed by atoms with Crippen LogP contribution in [0.25, 0.3) is 0 Å². The fourth-order valence-electron chi connectivity index (χ4n) is 1.33. The summed E-state index contributed by atoms with van der Waals surface area (Å²) in [7, 11) is 3.67. The van der Waals surface area contributed by atoms with Crippen LogP contribution < -0.4 is 10.2 Å². The Morgan fingerprint density at radius 3 is 2.73 bits per heavy atom. The second kappa shape index (κ2) is 6.01. The quantitative estimate of drug-likeness (QED) is 0.784. The molecule has 1 aromatic rings. The number of hydrogen-bond acceptors (Lipinski definition) is 3. The molecule has 15 heavy (non-hydrogen) atoms. The van der Waals surface area contributed by atoms with Crippen molar-refractivity contribution in [3.8, 4) is 0 Å². The van der Waals surface area contributed by atoms with Crippen molar-refractivity contribution in [2.75, 3.05) is 25.5 Å². The lowest BCUT2D eigenvalue weighted by Gasteiger charge is -2.18. The number of carbonyl (C=O) groups is 1. The maximum atomic E-state index is 11.0. The lowest BCUT2D eigenvalue weighted by molar-refractivity contribution is -0.120. The van der Waals surface area contributed by atoms with Crippen molar-refractivity contribution in [2.45, 2.75) is 12.8 Å². The molecule has 0 fully saturated rings. The molecule has 0 saturated carbocycles. The summed E-state index contributed by atoms with van der Waals surface area (Å²) < 4.78 is 0. The van der Waals surface area contributed by atoms with Crippen LogP contribution in [0.4, 0.5) is 5.69 Å². The van der Waals surface area contributed by atoms with E-state index in [4.69, 9.17) is 0 Å². The summed E-state index contributed by atoms with van der Waals surface area (Å²) in [5.74, 6) is 0.0955. The average Bonchev–Trinajstić information content (AvgIpc) is 2.29. The van der Waals surface area contributed by atoms with Crippen molar-refractivity contribution in [1.82, 2.24) is 10.3 Å². The zero-order chi connectivity index (χ0) is 11.1. The van der Waals surface area contributed by atoms with Crippen LogP contribution >= 0.6 is 0 Å². The number of hydrogen-bond donors (Lipinski definition) is 1. The van der Waals surface area contributed by atoms with E-state index in [0.717, 1.165) is 18.7 Å². The predicted molar refractivity (Wildman–Crippen MR) is 60.8 cm³/mol. The monoisotopic (exact) mass is 207 g/mol. The van der Waals surface area contributed by atoms with Crippen LogP contribution in [0.3, 0.4) is 0 Å². The molecular formula is C11H17N3O. The minimum absolute atomic E-state index is 0.0955. The minimum atomic E-state index is 0.0955.